The topological polar surface area (TPSA) is 52.0 Å². The highest BCUT2D eigenvalue weighted by atomic mass is 19.4. The third-order valence-corrected chi connectivity index (χ3v) is 4.07. The van der Waals surface area contributed by atoms with Crippen LogP contribution in [0.3, 0.4) is 0 Å². The highest BCUT2D eigenvalue weighted by molar-refractivity contribution is 5.67. The van der Waals surface area contributed by atoms with Crippen molar-refractivity contribution in [3.63, 3.8) is 0 Å². The number of halogens is 3. The van der Waals surface area contributed by atoms with Crippen LogP contribution in [0.2, 0.25) is 0 Å². The summed E-state index contributed by atoms with van der Waals surface area (Å²) in [6.07, 6.45) is -3.38. The van der Waals surface area contributed by atoms with Gasteiger partial charge in [-0.05, 0) is 24.3 Å². The Morgan fingerprint density at radius 2 is 1.88 bits per heavy atom. The lowest BCUT2D eigenvalue weighted by Gasteiger charge is -2.25. The molecule has 2 N–H and O–H groups in total. The van der Waals surface area contributed by atoms with Crippen LogP contribution in [0.1, 0.15) is 24.4 Å². The molecule has 0 bridgehead atoms. The summed E-state index contributed by atoms with van der Waals surface area (Å²) in [4.78, 5) is 12.8. The molecule has 2 rings (SSSR count). The standard InChI is InChI=1S/C16H21F3N2O3/c1-23-13-6-4-12(5-7-13)14(21-8-2-3-9-21)10-20-15(22)24-11-16(17,18)19/h4-7,14H,2-3,8-11H2,1H3,(H,20,22)/p+1/t14-/m1/s1. The number of nitrogens with one attached hydrogen (secondary N) is 2. The van der Waals surface area contributed by atoms with Crippen molar-refractivity contribution in [1.29, 1.82) is 0 Å². The monoisotopic (exact) mass is 347 g/mol. The molecule has 24 heavy (non-hydrogen) atoms. The Morgan fingerprint density at radius 1 is 1.25 bits per heavy atom. The van der Waals surface area contributed by atoms with Gasteiger partial charge >= 0.3 is 12.3 Å². The molecule has 1 aromatic rings. The molecule has 0 radical (unpaired) electrons. The lowest BCUT2D eigenvalue weighted by Crippen LogP contribution is -3.11. The lowest BCUT2D eigenvalue weighted by atomic mass is 10.1. The maximum absolute atomic E-state index is 12.1. The first kappa shape index (κ1) is 18.4. The molecule has 0 aromatic heterocycles. The summed E-state index contributed by atoms with van der Waals surface area (Å²) in [6, 6.07) is 7.46. The molecular formula is C16H22F3N2O3+. The average molecular weight is 347 g/mol. The van der Waals surface area contributed by atoms with Gasteiger partial charge in [0, 0.05) is 18.4 Å². The first-order chi connectivity index (χ1) is 11.4. The molecule has 1 heterocycles. The molecule has 1 amide bonds. The highest BCUT2D eigenvalue weighted by Crippen LogP contribution is 2.17. The van der Waals surface area contributed by atoms with E-state index in [-0.39, 0.29) is 12.6 Å². The van der Waals surface area contributed by atoms with E-state index in [1.807, 2.05) is 24.3 Å². The minimum Gasteiger partial charge on any atom is -0.497 e. The fourth-order valence-electron chi connectivity index (χ4n) is 2.90. The third kappa shape index (κ3) is 5.59. The number of alkyl carbamates (subject to hydrolysis) is 1. The normalized spacial score (nSPS) is 16.7. The Morgan fingerprint density at radius 3 is 2.42 bits per heavy atom. The first-order valence-corrected chi connectivity index (χ1v) is 7.85. The summed E-state index contributed by atoms with van der Waals surface area (Å²) in [5, 5.41) is 2.45. The number of carbonyl (C=O) groups excluding carboxylic acids is 1. The maximum Gasteiger partial charge on any atom is 0.422 e. The van der Waals surface area contributed by atoms with Crippen molar-refractivity contribution in [2.24, 2.45) is 0 Å². The van der Waals surface area contributed by atoms with Crippen molar-refractivity contribution in [2.45, 2.75) is 25.1 Å². The van der Waals surface area contributed by atoms with Gasteiger partial charge in [-0.2, -0.15) is 13.2 Å². The predicted octanol–water partition coefficient (Wildman–Crippen LogP) is 1.70. The van der Waals surface area contributed by atoms with Crippen molar-refractivity contribution >= 4 is 6.09 Å². The van der Waals surface area contributed by atoms with Gasteiger partial charge in [0.2, 0.25) is 0 Å². The molecule has 8 heteroatoms. The zero-order valence-corrected chi connectivity index (χ0v) is 13.5. The molecule has 1 atom stereocenters. The average Bonchev–Trinajstić information content (AvgIpc) is 3.07. The van der Waals surface area contributed by atoms with Crippen molar-refractivity contribution < 1.29 is 32.3 Å². The molecule has 134 valence electrons. The maximum atomic E-state index is 12.1. The van der Waals surface area contributed by atoms with Crippen LogP contribution in [-0.2, 0) is 4.74 Å². The van der Waals surface area contributed by atoms with E-state index in [9.17, 15) is 18.0 Å². The molecule has 0 unspecified atom stereocenters. The Hall–Kier alpha value is -1.96. The summed E-state index contributed by atoms with van der Waals surface area (Å²) in [5.41, 5.74) is 1.00. The lowest BCUT2D eigenvalue weighted by molar-refractivity contribution is -0.918. The van der Waals surface area contributed by atoms with Gasteiger partial charge < -0.3 is 19.7 Å². The summed E-state index contributed by atoms with van der Waals surface area (Å²) in [5.74, 6) is 0.728. The van der Waals surface area contributed by atoms with Gasteiger partial charge in [0.05, 0.1) is 26.7 Å². The van der Waals surface area contributed by atoms with Crippen molar-refractivity contribution in [3.05, 3.63) is 29.8 Å². The Balaban J connectivity index is 1.97. The van der Waals surface area contributed by atoms with Gasteiger partial charge in [-0.15, -0.1) is 0 Å². The smallest absolute Gasteiger partial charge is 0.422 e. The second-order valence-corrected chi connectivity index (χ2v) is 5.76. The summed E-state index contributed by atoms with van der Waals surface area (Å²) in [7, 11) is 1.58. The minimum atomic E-state index is -4.52. The molecule has 0 aliphatic carbocycles. The van der Waals surface area contributed by atoms with Crippen LogP contribution in [-0.4, -0.2) is 45.6 Å². The number of likely N-dealkylation sites (tertiary alicyclic amines) is 1. The zero-order chi connectivity index (χ0) is 17.6. The Labute approximate surface area is 138 Å². The number of benzene rings is 1. The Kier molecular flexibility index (Phi) is 6.30. The van der Waals surface area contributed by atoms with Crippen molar-refractivity contribution in [1.82, 2.24) is 5.32 Å². The van der Waals surface area contributed by atoms with Crippen LogP contribution in [0.5, 0.6) is 5.75 Å². The van der Waals surface area contributed by atoms with E-state index >= 15 is 0 Å². The fourth-order valence-corrected chi connectivity index (χ4v) is 2.90. The number of rotatable bonds is 6. The number of methoxy groups -OCH3 is 1. The number of hydrogen-bond acceptors (Lipinski definition) is 3. The molecule has 1 aliphatic heterocycles. The first-order valence-electron chi connectivity index (χ1n) is 7.85. The van der Waals surface area contributed by atoms with Crippen LogP contribution < -0.4 is 15.0 Å². The van der Waals surface area contributed by atoms with E-state index in [1.165, 1.54) is 4.90 Å². The van der Waals surface area contributed by atoms with Crippen LogP contribution in [0.4, 0.5) is 18.0 Å². The van der Waals surface area contributed by atoms with Gasteiger partial charge in [-0.1, -0.05) is 0 Å². The van der Waals surface area contributed by atoms with E-state index < -0.39 is 18.9 Å². The largest absolute Gasteiger partial charge is 0.497 e. The van der Waals surface area contributed by atoms with Gasteiger partial charge in [0.25, 0.3) is 0 Å². The number of quaternary nitrogens is 1. The zero-order valence-electron chi connectivity index (χ0n) is 13.5. The molecule has 1 saturated heterocycles. The van der Waals surface area contributed by atoms with Crippen LogP contribution in [0.25, 0.3) is 0 Å². The van der Waals surface area contributed by atoms with E-state index in [2.05, 4.69) is 10.1 Å². The molecular weight excluding hydrogens is 325 g/mol. The van der Waals surface area contributed by atoms with Gasteiger partial charge in [0.1, 0.15) is 11.8 Å². The summed E-state index contributed by atoms with van der Waals surface area (Å²) < 4.78 is 45.5. The molecule has 1 fully saturated rings. The molecule has 1 aromatic carbocycles. The van der Waals surface area contributed by atoms with Gasteiger partial charge in [-0.3, -0.25) is 0 Å². The summed E-state index contributed by atoms with van der Waals surface area (Å²) >= 11 is 0. The number of carbonyl (C=O) groups is 1. The van der Waals surface area contributed by atoms with E-state index in [0.29, 0.717) is 0 Å². The highest BCUT2D eigenvalue weighted by Gasteiger charge is 2.31. The quantitative estimate of drug-likeness (QED) is 0.824. The number of hydrogen-bond donors (Lipinski definition) is 2. The third-order valence-electron chi connectivity index (χ3n) is 4.07. The number of ether oxygens (including phenoxy) is 2. The van der Waals surface area contributed by atoms with Gasteiger partial charge in [0.15, 0.2) is 6.61 Å². The van der Waals surface area contributed by atoms with Gasteiger partial charge in [-0.25, -0.2) is 4.79 Å². The summed E-state index contributed by atoms with van der Waals surface area (Å²) in [6.45, 7) is 0.576. The van der Waals surface area contributed by atoms with E-state index in [4.69, 9.17) is 4.74 Å². The van der Waals surface area contributed by atoms with E-state index in [1.54, 1.807) is 7.11 Å². The number of alkyl halides is 3. The van der Waals surface area contributed by atoms with E-state index in [0.717, 1.165) is 37.2 Å². The predicted molar refractivity (Wildman–Crippen MR) is 81.1 cm³/mol. The molecule has 0 spiro atoms. The van der Waals surface area contributed by atoms with Crippen LogP contribution >= 0.6 is 0 Å². The minimum absolute atomic E-state index is 0.0307. The van der Waals surface area contributed by atoms with Crippen molar-refractivity contribution in [3.8, 4) is 5.75 Å². The molecule has 1 aliphatic rings. The second kappa shape index (κ2) is 8.23. The molecule has 5 nitrogen and oxygen atoms in total. The molecule has 0 saturated carbocycles. The SMILES string of the molecule is COc1ccc([C@@H](CNC(=O)OCC(F)(F)F)[NH+]2CCCC2)cc1. The van der Waals surface area contributed by atoms with Crippen LogP contribution in [0.15, 0.2) is 24.3 Å². The fraction of sp³-hybridized carbons (Fsp3) is 0.562. The van der Waals surface area contributed by atoms with Crippen LogP contribution in [0, 0.1) is 0 Å². The Bertz CT molecular complexity index is 528. The second-order valence-electron chi connectivity index (χ2n) is 5.76. The number of amides is 1. The van der Waals surface area contributed by atoms with Crippen molar-refractivity contribution in [2.75, 3.05) is 33.4 Å².